The molecule has 0 bridgehead atoms. The number of hydrogen-bond acceptors (Lipinski definition) is 2. The van der Waals surface area contributed by atoms with Gasteiger partial charge in [-0.15, -0.1) is 0 Å². The van der Waals surface area contributed by atoms with Crippen molar-refractivity contribution in [2.45, 2.75) is 38.6 Å². The van der Waals surface area contributed by atoms with E-state index in [1.807, 2.05) is 7.05 Å². The minimum absolute atomic E-state index is 0.949. The van der Waals surface area contributed by atoms with E-state index in [4.69, 9.17) is 0 Å². The van der Waals surface area contributed by atoms with E-state index < -0.39 is 0 Å². The first-order valence-electron chi connectivity index (χ1n) is 7.86. The molecule has 3 rings (SSSR count). The van der Waals surface area contributed by atoms with Crippen LogP contribution in [-0.4, -0.2) is 20.1 Å². The van der Waals surface area contributed by atoms with Crippen LogP contribution in [0, 0.1) is 11.8 Å². The van der Waals surface area contributed by atoms with Crippen molar-refractivity contribution >= 4 is 5.69 Å². The maximum atomic E-state index is 3.29. The standard InChI is InChI=1S/C17H26N2/c1-18-12-15-7-4-5-9-17(15)19-11-10-14-6-2-3-8-16(14)13-19/h4-5,7,9,14,16,18H,2-3,6,8,10-13H2,1H3. The van der Waals surface area contributed by atoms with Gasteiger partial charge in [-0.2, -0.15) is 0 Å². The van der Waals surface area contributed by atoms with Gasteiger partial charge in [0.1, 0.15) is 0 Å². The third-order valence-electron chi connectivity index (χ3n) is 4.99. The van der Waals surface area contributed by atoms with Gasteiger partial charge >= 0.3 is 0 Å². The highest BCUT2D eigenvalue weighted by atomic mass is 15.1. The average molecular weight is 258 g/mol. The van der Waals surface area contributed by atoms with Gasteiger partial charge in [-0.1, -0.05) is 37.5 Å². The molecule has 2 heteroatoms. The summed E-state index contributed by atoms with van der Waals surface area (Å²) in [4.78, 5) is 2.64. The van der Waals surface area contributed by atoms with Crippen molar-refractivity contribution in [1.82, 2.24) is 5.32 Å². The summed E-state index contributed by atoms with van der Waals surface area (Å²) in [5.74, 6) is 1.96. The highest BCUT2D eigenvalue weighted by Crippen LogP contribution is 2.38. The predicted octanol–water partition coefficient (Wildman–Crippen LogP) is 3.42. The van der Waals surface area contributed by atoms with Crippen LogP contribution < -0.4 is 10.2 Å². The lowest BCUT2D eigenvalue weighted by Gasteiger charge is -2.43. The fourth-order valence-electron chi connectivity index (χ4n) is 3.98. The third-order valence-corrected chi connectivity index (χ3v) is 4.99. The number of anilines is 1. The Balaban J connectivity index is 1.75. The van der Waals surface area contributed by atoms with Crippen LogP contribution in [0.1, 0.15) is 37.7 Å². The zero-order valence-corrected chi connectivity index (χ0v) is 12.1. The Kier molecular flexibility index (Phi) is 4.07. The molecule has 0 radical (unpaired) electrons. The second-order valence-corrected chi connectivity index (χ2v) is 6.20. The summed E-state index contributed by atoms with van der Waals surface area (Å²) < 4.78 is 0. The van der Waals surface area contributed by atoms with Gasteiger partial charge in [0.2, 0.25) is 0 Å². The number of rotatable bonds is 3. The molecule has 2 aliphatic rings. The molecule has 19 heavy (non-hydrogen) atoms. The Bertz CT molecular complexity index is 415. The van der Waals surface area contributed by atoms with Crippen molar-refractivity contribution < 1.29 is 0 Å². The van der Waals surface area contributed by atoms with Gasteiger partial charge in [-0.05, 0) is 43.4 Å². The van der Waals surface area contributed by atoms with Crippen molar-refractivity contribution in [2.75, 3.05) is 25.0 Å². The number of para-hydroxylation sites is 1. The topological polar surface area (TPSA) is 15.3 Å². The van der Waals surface area contributed by atoms with Crippen LogP contribution in [0.3, 0.4) is 0 Å². The Morgan fingerprint density at radius 3 is 2.74 bits per heavy atom. The minimum atomic E-state index is 0.949. The number of piperidine rings is 1. The maximum absolute atomic E-state index is 3.29. The SMILES string of the molecule is CNCc1ccccc1N1CCC2CCCCC2C1. The second-order valence-electron chi connectivity index (χ2n) is 6.20. The van der Waals surface area contributed by atoms with Crippen molar-refractivity contribution in [3.63, 3.8) is 0 Å². The van der Waals surface area contributed by atoms with Crippen LogP contribution >= 0.6 is 0 Å². The molecule has 1 aromatic carbocycles. The molecule has 1 heterocycles. The van der Waals surface area contributed by atoms with Gasteiger partial charge in [-0.25, -0.2) is 0 Å². The molecule has 1 saturated heterocycles. The lowest BCUT2D eigenvalue weighted by molar-refractivity contribution is 0.202. The summed E-state index contributed by atoms with van der Waals surface area (Å²) in [5, 5.41) is 3.29. The molecule has 0 spiro atoms. The highest BCUT2D eigenvalue weighted by molar-refractivity contribution is 5.54. The quantitative estimate of drug-likeness (QED) is 0.893. The molecule has 2 nitrogen and oxygen atoms in total. The van der Waals surface area contributed by atoms with Crippen molar-refractivity contribution in [2.24, 2.45) is 11.8 Å². The monoisotopic (exact) mass is 258 g/mol. The molecule has 1 aliphatic heterocycles. The number of nitrogens with zero attached hydrogens (tertiary/aromatic N) is 1. The average Bonchev–Trinajstić information content (AvgIpc) is 2.48. The summed E-state index contributed by atoms with van der Waals surface area (Å²) in [5.41, 5.74) is 2.90. The van der Waals surface area contributed by atoms with E-state index in [1.54, 1.807) is 0 Å². The van der Waals surface area contributed by atoms with E-state index in [0.717, 1.165) is 18.4 Å². The first-order valence-corrected chi connectivity index (χ1v) is 7.86. The molecular formula is C17H26N2. The van der Waals surface area contributed by atoms with E-state index in [1.165, 1.54) is 56.4 Å². The van der Waals surface area contributed by atoms with Crippen LogP contribution in [0.25, 0.3) is 0 Å². The summed E-state index contributed by atoms with van der Waals surface area (Å²) in [6, 6.07) is 8.90. The molecule has 0 aromatic heterocycles. The van der Waals surface area contributed by atoms with Crippen LogP contribution in [0.15, 0.2) is 24.3 Å². The van der Waals surface area contributed by atoms with E-state index in [-0.39, 0.29) is 0 Å². The zero-order chi connectivity index (χ0) is 13.1. The Morgan fingerprint density at radius 1 is 1.11 bits per heavy atom. The van der Waals surface area contributed by atoms with E-state index in [2.05, 4.69) is 34.5 Å². The molecule has 2 unspecified atom stereocenters. The van der Waals surface area contributed by atoms with E-state index in [9.17, 15) is 0 Å². The maximum Gasteiger partial charge on any atom is 0.0411 e. The van der Waals surface area contributed by atoms with Crippen LogP contribution in [-0.2, 0) is 6.54 Å². The molecule has 1 aromatic rings. The lowest BCUT2D eigenvalue weighted by atomic mass is 9.75. The molecule has 1 N–H and O–H groups in total. The Hall–Kier alpha value is -1.02. The Labute approximate surface area is 117 Å². The summed E-state index contributed by atoms with van der Waals surface area (Å²) >= 11 is 0. The van der Waals surface area contributed by atoms with Gasteiger partial charge in [-0.3, -0.25) is 0 Å². The molecular weight excluding hydrogens is 232 g/mol. The first kappa shape index (κ1) is 13.0. The third kappa shape index (κ3) is 2.79. The summed E-state index contributed by atoms with van der Waals surface area (Å²) in [7, 11) is 2.03. The van der Waals surface area contributed by atoms with Crippen molar-refractivity contribution in [1.29, 1.82) is 0 Å². The number of benzene rings is 1. The normalized spacial score (nSPS) is 27.1. The van der Waals surface area contributed by atoms with E-state index in [0.29, 0.717) is 0 Å². The van der Waals surface area contributed by atoms with Gasteiger partial charge < -0.3 is 10.2 Å². The minimum Gasteiger partial charge on any atom is -0.371 e. The first-order chi connectivity index (χ1) is 9.38. The Morgan fingerprint density at radius 2 is 1.89 bits per heavy atom. The molecule has 1 saturated carbocycles. The van der Waals surface area contributed by atoms with Gasteiger partial charge in [0.25, 0.3) is 0 Å². The van der Waals surface area contributed by atoms with Gasteiger partial charge in [0.15, 0.2) is 0 Å². The second kappa shape index (κ2) is 5.96. The largest absolute Gasteiger partial charge is 0.371 e. The molecule has 0 amide bonds. The molecule has 104 valence electrons. The predicted molar refractivity (Wildman–Crippen MR) is 81.5 cm³/mol. The molecule has 2 fully saturated rings. The highest BCUT2D eigenvalue weighted by Gasteiger charge is 2.31. The number of hydrogen-bond donors (Lipinski definition) is 1. The van der Waals surface area contributed by atoms with Crippen LogP contribution in [0.2, 0.25) is 0 Å². The zero-order valence-electron chi connectivity index (χ0n) is 12.1. The number of nitrogens with one attached hydrogen (secondary N) is 1. The van der Waals surface area contributed by atoms with Crippen LogP contribution in [0.4, 0.5) is 5.69 Å². The van der Waals surface area contributed by atoms with E-state index >= 15 is 0 Å². The summed E-state index contributed by atoms with van der Waals surface area (Å²) in [6.07, 6.45) is 7.26. The van der Waals surface area contributed by atoms with Crippen molar-refractivity contribution in [3.8, 4) is 0 Å². The smallest absolute Gasteiger partial charge is 0.0411 e. The fraction of sp³-hybridized carbons (Fsp3) is 0.647. The fourth-order valence-corrected chi connectivity index (χ4v) is 3.98. The summed E-state index contributed by atoms with van der Waals surface area (Å²) in [6.45, 7) is 3.51. The lowest BCUT2D eigenvalue weighted by Crippen LogP contribution is -2.42. The molecule has 2 atom stereocenters. The number of fused-ring (bicyclic) bond motifs is 1. The van der Waals surface area contributed by atoms with Crippen molar-refractivity contribution in [3.05, 3.63) is 29.8 Å². The van der Waals surface area contributed by atoms with Gasteiger partial charge in [0.05, 0.1) is 0 Å². The van der Waals surface area contributed by atoms with Crippen LogP contribution in [0.5, 0.6) is 0 Å². The van der Waals surface area contributed by atoms with Gasteiger partial charge in [0, 0.05) is 25.3 Å². The molecule has 1 aliphatic carbocycles.